The summed E-state index contributed by atoms with van der Waals surface area (Å²) in [4.78, 5) is 14.2. The minimum Gasteiger partial charge on any atom is -0.376 e. The number of carbonyl (C=O) groups is 1. The van der Waals surface area contributed by atoms with E-state index in [1.807, 2.05) is 37.2 Å². The first-order valence-corrected chi connectivity index (χ1v) is 8.99. The third kappa shape index (κ3) is 5.20. The van der Waals surface area contributed by atoms with Crippen LogP contribution in [0.3, 0.4) is 0 Å². The number of hydrogen-bond donors (Lipinski definition) is 2. The second kappa shape index (κ2) is 8.06. The first kappa shape index (κ1) is 16.6. The van der Waals surface area contributed by atoms with E-state index in [-0.39, 0.29) is 5.91 Å². The highest BCUT2D eigenvalue weighted by Crippen LogP contribution is 2.28. The summed E-state index contributed by atoms with van der Waals surface area (Å²) >= 11 is 5.22. The molecule has 1 aliphatic rings. The van der Waals surface area contributed by atoms with Crippen molar-refractivity contribution in [2.75, 3.05) is 43.2 Å². The number of hydrogen-bond acceptors (Lipinski definition) is 4. The first-order chi connectivity index (χ1) is 10.1. The van der Waals surface area contributed by atoms with Crippen molar-refractivity contribution in [1.82, 2.24) is 5.32 Å². The van der Waals surface area contributed by atoms with Crippen molar-refractivity contribution >= 4 is 45.0 Å². The molecule has 0 radical (unpaired) electrons. The summed E-state index contributed by atoms with van der Waals surface area (Å²) in [6, 6.07) is 5.93. The second-order valence-corrected chi connectivity index (χ2v) is 7.57. The monoisotopic (exact) mass is 371 g/mol. The first-order valence-electron chi connectivity index (χ1n) is 7.15. The summed E-state index contributed by atoms with van der Waals surface area (Å²) in [7, 11) is 3.95. The normalized spacial score (nSPS) is 15.8. The maximum absolute atomic E-state index is 12.2. The molecule has 4 nitrogen and oxygen atoms in total. The smallest absolute Gasteiger partial charge is 0.234 e. The molecular formula is C15H22BrN3OS. The van der Waals surface area contributed by atoms with Crippen LogP contribution in [0.1, 0.15) is 12.8 Å². The molecule has 1 fully saturated rings. The lowest BCUT2D eigenvalue weighted by molar-refractivity contribution is -0.113. The Morgan fingerprint density at radius 3 is 2.81 bits per heavy atom. The van der Waals surface area contributed by atoms with Gasteiger partial charge in [-0.1, -0.05) is 15.9 Å². The van der Waals surface area contributed by atoms with Gasteiger partial charge in [0.25, 0.3) is 0 Å². The van der Waals surface area contributed by atoms with Crippen LogP contribution in [0.4, 0.5) is 11.4 Å². The molecule has 1 aromatic rings. The number of benzene rings is 1. The molecule has 0 saturated carbocycles. The molecule has 1 aromatic carbocycles. The highest BCUT2D eigenvalue weighted by Gasteiger charge is 2.16. The van der Waals surface area contributed by atoms with Gasteiger partial charge in [0, 0.05) is 23.8 Å². The Labute approximate surface area is 139 Å². The van der Waals surface area contributed by atoms with Crippen LogP contribution in [0.2, 0.25) is 0 Å². The summed E-state index contributed by atoms with van der Waals surface area (Å²) in [5, 5.41) is 6.97. The topological polar surface area (TPSA) is 44.4 Å². The molecule has 1 saturated heterocycles. The second-order valence-electron chi connectivity index (χ2n) is 5.36. The quantitative estimate of drug-likeness (QED) is 0.834. The molecule has 21 heavy (non-hydrogen) atoms. The van der Waals surface area contributed by atoms with Gasteiger partial charge in [-0.15, -0.1) is 11.8 Å². The van der Waals surface area contributed by atoms with E-state index in [2.05, 4.69) is 26.6 Å². The largest absolute Gasteiger partial charge is 0.376 e. The summed E-state index contributed by atoms with van der Waals surface area (Å²) in [6.45, 7) is 2.13. The molecule has 0 bridgehead atoms. The van der Waals surface area contributed by atoms with Crippen molar-refractivity contribution in [3.63, 3.8) is 0 Å². The average molecular weight is 372 g/mol. The van der Waals surface area contributed by atoms with Gasteiger partial charge in [-0.2, -0.15) is 0 Å². The van der Waals surface area contributed by atoms with Crippen molar-refractivity contribution < 1.29 is 4.79 Å². The molecular weight excluding hydrogens is 350 g/mol. The fourth-order valence-electron chi connectivity index (χ4n) is 2.34. The van der Waals surface area contributed by atoms with Crippen LogP contribution in [-0.2, 0) is 4.79 Å². The summed E-state index contributed by atoms with van der Waals surface area (Å²) in [6.07, 6.45) is 2.30. The number of nitrogens with zero attached hydrogens (tertiary/aromatic N) is 1. The van der Waals surface area contributed by atoms with E-state index in [0.717, 1.165) is 41.8 Å². The van der Waals surface area contributed by atoms with Crippen molar-refractivity contribution in [3.05, 3.63) is 22.7 Å². The minimum atomic E-state index is 0.0692. The van der Waals surface area contributed by atoms with Crippen LogP contribution in [-0.4, -0.2) is 44.1 Å². The van der Waals surface area contributed by atoms with Crippen LogP contribution in [0.15, 0.2) is 22.7 Å². The molecule has 6 heteroatoms. The fraction of sp³-hybridized carbons (Fsp3) is 0.533. The van der Waals surface area contributed by atoms with Crippen molar-refractivity contribution in [1.29, 1.82) is 0 Å². The zero-order valence-corrected chi connectivity index (χ0v) is 14.9. The molecule has 116 valence electrons. The number of halogens is 1. The third-order valence-electron chi connectivity index (χ3n) is 3.45. The van der Waals surface area contributed by atoms with E-state index in [0.29, 0.717) is 11.0 Å². The summed E-state index contributed by atoms with van der Waals surface area (Å²) in [5.41, 5.74) is 1.86. The SMILES string of the molecule is CN(C)c1ccc(Br)cc1NC(=O)CSC1CCNCC1. The lowest BCUT2D eigenvalue weighted by Crippen LogP contribution is -2.30. The number of thioether (sulfide) groups is 1. The van der Waals surface area contributed by atoms with Gasteiger partial charge in [0.1, 0.15) is 0 Å². The van der Waals surface area contributed by atoms with E-state index in [9.17, 15) is 4.79 Å². The lowest BCUT2D eigenvalue weighted by atomic mass is 10.2. The third-order valence-corrected chi connectivity index (χ3v) is 5.32. The van der Waals surface area contributed by atoms with Gasteiger partial charge in [0.15, 0.2) is 0 Å². The zero-order valence-electron chi connectivity index (χ0n) is 12.5. The molecule has 0 unspecified atom stereocenters. The van der Waals surface area contributed by atoms with E-state index < -0.39 is 0 Å². The van der Waals surface area contributed by atoms with Crippen LogP contribution in [0.5, 0.6) is 0 Å². The molecule has 0 atom stereocenters. The van der Waals surface area contributed by atoms with E-state index in [1.165, 1.54) is 0 Å². The number of carbonyl (C=O) groups excluding carboxylic acids is 1. The van der Waals surface area contributed by atoms with Gasteiger partial charge in [0.05, 0.1) is 17.1 Å². The van der Waals surface area contributed by atoms with Gasteiger partial charge >= 0.3 is 0 Å². The number of nitrogens with one attached hydrogen (secondary N) is 2. The Hall–Kier alpha value is -0.720. The summed E-state index contributed by atoms with van der Waals surface area (Å²) < 4.78 is 0.967. The van der Waals surface area contributed by atoms with Crippen LogP contribution in [0.25, 0.3) is 0 Å². The van der Waals surface area contributed by atoms with Crippen LogP contribution >= 0.6 is 27.7 Å². The van der Waals surface area contributed by atoms with Crippen molar-refractivity contribution in [2.45, 2.75) is 18.1 Å². The number of amides is 1. The minimum absolute atomic E-state index is 0.0692. The molecule has 0 aliphatic carbocycles. The lowest BCUT2D eigenvalue weighted by Gasteiger charge is -2.22. The molecule has 2 N–H and O–H groups in total. The van der Waals surface area contributed by atoms with E-state index >= 15 is 0 Å². The van der Waals surface area contributed by atoms with E-state index in [4.69, 9.17) is 0 Å². The average Bonchev–Trinajstić information content (AvgIpc) is 2.46. The van der Waals surface area contributed by atoms with Gasteiger partial charge in [-0.05, 0) is 44.1 Å². The molecule has 1 aliphatic heterocycles. The number of anilines is 2. The Morgan fingerprint density at radius 1 is 1.43 bits per heavy atom. The van der Waals surface area contributed by atoms with Crippen LogP contribution < -0.4 is 15.5 Å². The maximum Gasteiger partial charge on any atom is 0.234 e. The Kier molecular flexibility index (Phi) is 6.39. The molecule has 0 spiro atoms. The predicted molar refractivity (Wildman–Crippen MR) is 95.4 cm³/mol. The standard InChI is InChI=1S/C15H22BrN3OS/c1-19(2)14-4-3-11(16)9-13(14)18-15(20)10-21-12-5-7-17-8-6-12/h3-4,9,12,17H,5-8,10H2,1-2H3,(H,18,20). The molecule has 1 heterocycles. The maximum atomic E-state index is 12.2. The van der Waals surface area contributed by atoms with Crippen LogP contribution in [0, 0.1) is 0 Å². The molecule has 1 amide bonds. The highest BCUT2D eigenvalue weighted by atomic mass is 79.9. The predicted octanol–water partition coefficient (Wildman–Crippen LogP) is 2.94. The zero-order chi connectivity index (χ0) is 15.2. The van der Waals surface area contributed by atoms with Gasteiger partial charge in [-0.3, -0.25) is 4.79 Å². The summed E-state index contributed by atoms with van der Waals surface area (Å²) in [5.74, 6) is 0.587. The Balaban J connectivity index is 1.91. The highest BCUT2D eigenvalue weighted by molar-refractivity contribution is 9.10. The number of rotatable bonds is 5. The van der Waals surface area contributed by atoms with Crippen molar-refractivity contribution in [3.8, 4) is 0 Å². The fourth-order valence-corrected chi connectivity index (χ4v) is 3.73. The number of piperidine rings is 1. The Bertz CT molecular complexity index is 490. The van der Waals surface area contributed by atoms with Gasteiger partial charge in [-0.25, -0.2) is 0 Å². The van der Waals surface area contributed by atoms with Crippen molar-refractivity contribution in [2.24, 2.45) is 0 Å². The van der Waals surface area contributed by atoms with E-state index in [1.54, 1.807) is 11.8 Å². The molecule has 0 aromatic heterocycles. The molecule has 2 rings (SSSR count). The van der Waals surface area contributed by atoms with Gasteiger partial charge in [0.2, 0.25) is 5.91 Å². The Morgan fingerprint density at radius 2 is 2.14 bits per heavy atom. The van der Waals surface area contributed by atoms with Gasteiger partial charge < -0.3 is 15.5 Å².